The molecule has 2 aliphatic rings. The second-order valence-corrected chi connectivity index (χ2v) is 6.64. The number of para-hydroxylation sites is 1. The third-order valence-electron chi connectivity index (χ3n) is 5.10. The van der Waals surface area contributed by atoms with Crippen LogP contribution in [0.2, 0.25) is 0 Å². The first kappa shape index (κ1) is 15.5. The quantitative estimate of drug-likeness (QED) is 0.856. The summed E-state index contributed by atoms with van der Waals surface area (Å²) >= 11 is 0. The number of benzene rings is 1. The van der Waals surface area contributed by atoms with Crippen LogP contribution in [0.25, 0.3) is 0 Å². The summed E-state index contributed by atoms with van der Waals surface area (Å²) in [5, 5.41) is 3.36. The highest BCUT2D eigenvalue weighted by atomic mass is 16.1. The van der Waals surface area contributed by atoms with Gasteiger partial charge in [-0.3, -0.25) is 0 Å². The first-order chi connectivity index (χ1) is 10.8. The van der Waals surface area contributed by atoms with Crippen molar-refractivity contribution in [3.05, 3.63) is 29.8 Å². The zero-order chi connectivity index (χ0) is 15.4. The number of hydrogen-bond donors (Lipinski definition) is 1. The largest absolute Gasteiger partial charge is 0.369 e. The lowest BCUT2D eigenvalue weighted by atomic mass is 9.85. The van der Waals surface area contributed by atoms with Gasteiger partial charge in [-0.2, -0.15) is 0 Å². The van der Waals surface area contributed by atoms with Crippen molar-refractivity contribution in [3.8, 4) is 0 Å². The number of carbonyl (C=O) groups excluding carboxylic acids is 1. The van der Waals surface area contributed by atoms with Crippen LogP contribution >= 0.6 is 0 Å². The molecule has 2 heterocycles. The van der Waals surface area contributed by atoms with Crippen LogP contribution < -0.4 is 10.2 Å². The van der Waals surface area contributed by atoms with Crippen LogP contribution in [0.5, 0.6) is 0 Å². The number of piperazine rings is 1. The van der Waals surface area contributed by atoms with Gasteiger partial charge in [-0.25, -0.2) is 0 Å². The third kappa shape index (κ3) is 3.50. The van der Waals surface area contributed by atoms with Crippen LogP contribution in [-0.4, -0.2) is 57.0 Å². The molecule has 1 aromatic rings. The summed E-state index contributed by atoms with van der Waals surface area (Å²) in [4.78, 5) is 16.2. The Bertz CT molecular complexity index is 497. The molecule has 2 atom stereocenters. The fourth-order valence-corrected chi connectivity index (χ4v) is 3.69. The van der Waals surface area contributed by atoms with Gasteiger partial charge in [0.15, 0.2) is 0 Å². The maximum absolute atomic E-state index is 11.3. The fourth-order valence-electron chi connectivity index (χ4n) is 3.69. The maximum Gasteiger partial charge on any atom is 0.137 e. The summed E-state index contributed by atoms with van der Waals surface area (Å²) in [5.41, 5.74) is 2.76. The Hall–Kier alpha value is -1.39. The molecule has 0 spiro atoms. The highest BCUT2D eigenvalue weighted by Gasteiger charge is 2.26. The van der Waals surface area contributed by atoms with Crippen LogP contribution in [0.3, 0.4) is 0 Å². The van der Waals surface area contributed by atoms with Gasteiger partial charge in [0.2, 0.25) is 0 Å². The zero-order valence-corrected chi connectivity index (χ0v) is 13.5. The molecule has 0 saturated carbocycles. The summed E-state index contributed by atoms with van der Waals surface area (Å²) < 4.78 is 0. The molecule has 0 radical (unpaired) electrons. The van der Waals surface area contributed by atoms with Crippen LogP contribution in [0, 0.1) is 5.92 Å². The molecule has 4 nitrogen and oxygen atoms in total. The molecule has 2 saturated heterocycles. The molecule has 2 fully saturated rings. The molecule has 0 amide bonds. The normalized spacial score (nSPS) is 26.9. The number of carbonyl (C=O) groups is 1. The Labute approximate surface area is 133 Å². The lowest BCUT2D eigenvalue weighted by molar-refractivity contribution is -0.111. The maximum atomic E-state index is 11.3. The number of nitrogens with one attached hydrogen (secondary N) is 1. The molecule has 22 heavy (non-hydrogen) atoms. The van der Waals surface area contributed by atoms with E-state index in [1.165, 1.54) is 17.7 Å². The van der Waals surface area contributed by atoms with Gasteiger partial charge >= 0.3 is 0 Å². The van der Waals surface area contributed by atoms with Crippen molar-refractivity contribution in [3.63, 3.8) is 0 Å². The first-order valence-corrected chi connectivity index (χ1v) is 8.48. The molecular weight excluding hydrogens is 274 g/mol. The molecule has 3 rings (SSSR count). The van der Waals surface area contributed by atoms with Gasteiger partial charge in [-0.15, -0.1) is 0 Å². The Balaban J connectivity index is 1.74. The van der Waals surface area contributed by atoms with Gasteiger partial charge in [0.25, 0.3) is 0 Å². The SMILES string of the molecule is CN1CCN(c2ccccc2CC2CCCNC2C=O)CC1. The number of likely N-dealkylation sites (N-methyl/N-ethyl adjacent to an activating group) is 1. The molecule has 2 aliphatic heterocycles. The minimum Gasteiger partial charge on any atom is -0.369 e. The molecular formula is C18H27N3O. The number of aldehydes is 1. The number of anilines is 1. The molecule has 1 aromatic carbocycles. The van der Waals surface area contributed by atoms with Crippen molar-refractivity contribution in [2.24, 2.45) is 5.92 Å². The van der Waals surface area contributed by atoms with Gasteiger partial charge < -0.3 is 19.9 Å². The summed E-state index contributed by atoms with van der Waals surface area (Å²) in [6.45, 7) is 5.40. The number of nitrogens with zero attached hydrogens (tertiary/aromatic N) is 2. The van der Waals surface area contributed by atoms with Crippen molar-refractivity contribution in [1.82, 2.24) is 10.2 Å². The lowest BCUT2D eigenvalue weighted by Crippen LogP contribution is -2.45. The van der Waals surface area contributed by atoms with E-state index in [9.17, 15) is 4.79 Å². The molecule has 0 bridgehead atoms. The van der Waals surface area contributed by atoms with Crippen molar-refractivity contribution >= 4 is 12.0 Å². The number of rotatable bonds is 4. The van der Waals surface area contributed by atoms with E-state index in [1.54, 1.807) is 0 Å². The molecule has 1 N–H and O–H groups in total. The third-order valence-corrected chi connectivity index (χ3v) is 5.10. The van der Waals surface area contributed by atoms with Crippen molar-refractivity contribution in [2.45, 2.75) is 25.3 Å². The minimum absolute atomic E-state index is 0.0225. The van der Waals surface area contributed by atoms with E-state index in [0.717, 1.165) is 51.9 Å². The summed E-state index contributed by atoms with van der Waals surface area (Å²) in [7, 11) is 2.19. The summed E-state index contributed by atoms with van der Waals surface area (Å²) in [5.74, 6) is 0.430. The molecule has 4 heteroatoms. The van der Waals surface area contributed by atoms with Crippen LogP contribution in [0.15, 0.2) is 24.3 Å². The van der Waals surface area contributed by atoms with E-state index in [-0.39, 0.29) is 6.04 Å². The first-order valence-electron chi connectivity index (χ1n) is 8.48. The van der Waals surface area contributed by atoms with E-state index >= 15 is 0 Å². The van der Waals surface area contributed by atoms with Crippen molar-refractivity contribution in [2.75, 3.05) is 44.7 Å². The van der Waals surface area contributed by atoms with Crippen LogP contribution in [0.4, 0.5) is 5.69 Å². The van der Waals surface area contributed by atoms with E-state index in [4.69, 9.17) is 0 Å². The van der Waals surface area contributed by atoms with Crippen LogP contribution in [-0.2, 0) is 11.2 Å². The monoisotopic (exact) mass is 301 g/mol. The Morgan fingerprint density at radius 1 is 1.23 bits per heavy atom. The molecule has 120 valence electrons. The van der Waals surface area contributed by atoms with Gasteiger partial charge in [0, 0.05) is 31.9 Å². The summed E-state index contributed by atoms with van der Waals surface area (Å²) in [6, 6.07) is 8.76. The average Bonchev–Trinajstić information content (AvgIpc) is 2.57. The Morgan fingerprint density at radius 2 is 2.00 bits per heavy atom. The lowest BCUT2D eigenvalue weighted by Gasteiger charge is -2.36. The van der Waals surface area contributed by atoms with Gasteiger partial charge in [-0.1, -0.05) is 18.2 Å². The van der Waals surface area contributed by atoms with E-state index in [1.807, 2.05) is 0 Å². The second kappa shape index (κ2) is 7.25. The highest BCUT2D eigenvalue weighted by Crippen LogP contribution is 2.28. The van der Waals surface area contributed by atoms with E-state index in [0.29, 0.717) is 5.92 Å². The van der Waals surface area contributed by atoms with Crippen molar-refractivity contribution < 1.29 is 4.79 Å². The minimum atomic E-state index is 0.0225. The summed E-state index contributed by atoms with van der Waals surface area (Å²) in [6.07, 6.45) is 4.42. The van der Waals surface area contributed by atoms with Gasteiger partial charge in [-0.05, 0) is 50.4 Å². The standard InChI is InChI=1S/C18H27N3O/c1-20-9-11-21(12-10-20)18-7-3-2-5-16(18)13-15-6-4-8-19-17(15)14-22/h2-3,5,7,14-15,17,19H,4,6,8-13H2,1H3. The average molecular weight is 301 g/mol. The molecule has 2 unspecified atom stereocenters. The van der Waals surface area contributed by atoms with E-state index in [2.05, 4.69) is 46.4 Å². The highest BCUT2D eigenvalue weighted by molar-refractivity contribution is 5.59. The van der Waals surface area contributed by atoms with E-state index < -0.39 is 0 Å². The van der Waals surface area contributed by atoms with Gasteiger partial charge in [0.05, 0.1) is 6.04 Å². The fraction of sp³-hybridized carbons (Fsp3) is 0.611. The smallest absolute Gasteiger partial charge is 0.137 e. The number of hydrogen-bond acceptors (Lipinski definition) is 4. The van der Waals surface area contributed by atoms with Crippen molar-refractivity contribution in [1.29, 1.82) is 0 Å². The second-order valence-electron chi connectivity index (χ2n) is 6.64. The van der Waals surface area contributed by atoms with Crippen LogP contribution in [0.1, 0.15) is 18.4 Å². The predicted molar refractivity (Wildman–Crippen MR) is 90.4 cm³/mol. The zero-order valence-electron chi connectivity index (χ0n) is 13.5. The Kier molecular flexibility index (Phi) is 5.11. The topological polar surface area (TPSA) is 35.6 Å². The molecule has 0 aromatic heterocycles. The predicted octanol–water partition coefficient (Wildman–Crippen LogP) is 1.55. The Morgan fingerprint density at radius 3 is 2.77 bits per heavy atom. The number of piperidine rings is 1. The molecule has 0 aliphatic carbocycles. The van der Waals surface area contributed by atoms with Gasteiger partial charge in [0.1, 0.15) is 6.29 Å².